The SMILES string of the molecule is CC#CC#CC(C)(C)CC(C)(C)C#CC#CC(C)(C)CC(C)(C)C1CC1C(C)(C)CC(C)(C)C. The second kappa shape index (κ2) is 10.5. The van der Waals surface area contributed by atoms with Crippen LogP contribution in [0.25, 0.3) is 0 Å². The third kappa shape index (κ3) is 10.7. The highest BCUT2D eigenvalue weighted by molar-refractivity contribution is 5.32. The predicted molar refractivity (Wildman–Crippen MR) is 151 cm³/mol. The fourth-order valence-electron chi connectivity index (χ4n) is 6.59. The fraction of sp³-hybridized carbons (Fsp3) is 0.765. The zero-order valence-electron chi connectivity index (χ0n) is 25.0. The lowest BCUT2D eigenvalue weighted by atomic mass is 9.68. The van der Waals surface area contributed by atoms with E-state index in [1.165, 1.54) is 12.8 Å². The Labute approximate surface area is 214 Å². The van der Waals surface area contributed by atoms with Crippen molar-refractivity contribution in [2.24, 2.45) is 44.3 Å². The average molecular weight is 461 g/mol. The Morgan fingerprint density at radius 1 is 0.500 bits per heavy atom. The average Bonchev–Trinajstić information content (AvgIpc) is 3.37. The number of rotatable bonds is 7. The lowest BCUT2D eigenvalue weighted by Gasteiger charge is -2.37. The summed E-state index contributed by atoms with van der Waals surface area (Å²) in [7, 11) is 0. The van der Waals surface area contributed by atoms with E-state index in [0.717, 1.165) is 24.7 Å². The lowest BCUT2D eigenvalue weighted by Crippen LogP contribution is -2.29. The standard InChI is InChI=1S/C34H52/c1-15-16-17-20-30(5,6)25-31(7,8)21-18-19-22-32(9,10)26-34(13,14)28-23-27(28)33(11,12)24-29(2,3)4/h27-28H,23-26H2,1-14H3. The Hall–Kier alpha value is -1.76. The van der Waals surface area contributed by atoms with Crippen LogP contribution in [0.1, 0.15) is 123 Å². The quantitative estimate of drug-likeness (QED) is 0.332. The van der Waals surface area contributed by atoms with Gasteiger partial charge in [-0.1, -0.05) is 72.1 Å². The van der Waals surface area contributed by atoms with Gasteiger partial charge in [-0.15, -0.1) is 0 Å². The van der Waals surface area contributed by atoms with Gasteiger partial charge in [-0.3, -0.25) is 0 Å². The van der Waals surface area contributed by atoms with Crippen LogP contribution in [0.3, 0.4) is 0 Å². The van der Waals surface area contributed by atoms with E-state index in [1.54, 1.807) is 0 Å². The molecule has 0 aromatic rings. The van der Waals surface area contributed by atoms with Crippen molar-refractivity contribution in [2.45, 2.75) is 123 Å². The van der Waals surface area contributed by atoms with E-state index >= 15 is 0 Å². The monoisotopic (exact) mass is 460 g/mol. The van der Waals surface area contributed by atoms with E-state index in [0.29, 0.717) is 10.8 Å². The third-order valence-electron chi connectivity index (χ3n) is 7.02. The van der Waals surface area contributed by atoms with E-state index in [9.17, 15) is 0 Å². The van der Waals surface area contributed by atoms with Crippen molar-refractivity contribution in [3.05, 3.63) is 0 Å². The van der Waals surface area contributed by atoms with E-state index < -0.39 is 0 Å². The summed E-state index contributed by atoms with van der Waals surface area (Å²) in [6.07, 6.45) is 4.62. The van der Waals surface area contributed by atoms with Gasteiger partial charge in [-0.25, -0.2) is 0 Å². The Balaban J connectivity index is 2.83. The molecule has 0 bridgehead atoms. The molecule has 2 unspecified atom stereocenters. The highest BCUT2D eigenvalue weighted by Gasteiger charge is 2.55. The van der Waals surface area contributed by atoms with Crippen LogP contribution in [0.5, 0.6) is 0 Å². The van der Waals surface area contributed by atoms with Crippen LogP contribution in [-0.2, 0) is 0 Å². The van der Waals surface area contributed by atoms with E-state index in [2.05, 4.69) is 137 Å². The zero-order chi connectivity index (χ0) is 26.6. The fourth-order valence-corrected chi connectivity index (χ4v) is 6.59. The summed E-state index contributed by atoms with van der Waals surface area (Å²) in [5, 5.41) is 0. The Morgan fingerprint density at radius 3 is 1.24 bits per heavy atom. The molecule has 0 radical (unpaired) electrons. The minimum atomic E-state index is -0.143. The maximum absolute atomic E-state index is 3.50. The van der Waals surface area contributed by atoms with Crippen LogP contribution in [0, 0.1) is 91.7 Å². The smallest absolute Gasteiger partial charge is 0.0282 e. The zero-order valence-corrected chi connectivity index (χ0v) is 25.0. The van der Waals surface area contributed by atoms with Gasteiger partial charge in [0.25, 0.3) is 0 Å². The van der Waals surface area contributed by atoms with Gasteiger partial charge in [0.2, 0.25) is 0 Å². The molecular weight excluding hydrogens is 408 g/mol. The molecular formula is C34H52. The van der Waals surface area contributed by atoms with Gasteiger partial charge in [0.05, 0.1) is 0 Å². The number of hydrogen-bond donors (Lipinski definition) is 0. The molecule has 0 aliphatic heterocycles. The molecule has 1 aliphatic rings. The van der Waals surface area contributed by atoms with Crippen LogP contribution < -0.4 is 0 Å². The summed E-state index contributed by atoms with van der Waals surface area (Å²) in [6, 6.07) is 0. The van der Waals surface area contributed by atoms with Crippen LogP contribution in [0.2, 0.25) is 0 Å². The van der Waals surface area contributed by atoms with Crippen LogP contribution >= 0.6 is 0 Å². The molecule has 1 aliphatic carbocycles. The molecule has 0 heterocycles. The summed E-state index contributed by atoms with van der Waals surface area (Å²) in [5.74, 6) is 26.8. The van der Waals surface area contributed by atoms with Crippen molar-refractivity contribution in [2.75, 3.05) is 0 Å². The van der Waals surface area contributed by atoms with Crippen molar-refractivity contribution < 1.29 is 0 Å². The first kappa shape index (κ1) is 30.3. The topological polar surface area (TPSA) is 0 Å². The molecule has 0 aromatic carbocycles. The Bertz CT molecular complexity index is 956. The van der Waals surface area contributed by atoms with Gasteiger partial charge in [0.1, 0.15) is 0 Å². The molecule has 34 heavy (non-hydrogen) atoms. The highest BCUT2D eigenvalue weighted by Crippen LogP contribution is 2.63. The molecule has 2 atom stereocenters. The normalized spacial score (nSPS) is 18.8. The number of hydrogen-bond acceptors (Lipinski definition) is 0. The van der Waals surface area contributed by atoms with Gasteiger partial charge in [0.15, 0.2) is 0 Å². The summed E-state index contributed by atoms with van der Waals surface area (Å²) >= 11 is 0. The van der Waals surface area contributed by atoms with Crippen LogP contribution in [0.15, 0.2) is 0 Å². The summed E-state index contributed by atoms with van der Waals surface area (Å²) < 4.78 is 0. The molecule has 188 valence electrons. The summed E-state index contributed by atoms with van der Waals surface area (Å²) in [6.45, 7) is 32.0. The van der Waals surface area contributed by atoms with Crippen molar-refractivity contribution in [3.8, 4) is 47.4 Å². The van der Waals surface area contributed by atoms with Gasteiger partial charge in [0, 0.05) is 16.2 Å². The van der Waals surface area contributed by atoms with Crippen LogP contribution in [-0.4, -0.2) is 0 Å². The van der Waals surface area contributed by atoms with Crippen molar-refractivity contribution in [1.82, 2.24) is 0 Å². The van der Waals surface area contributed by atoms with Gasteiger partial charge in [-0.05, 0) is 126 Å². The van der Waals surface area contributed by atoms with Crippen LogP contribution in [0.4, 0.5) is 0 Å². The molecule has 0 spiro atoms. The lowest BCUT2D eigenvalue weighted by molar-refractivity contribution is 0.134. The van der Waals surface area contributed by atoms with Crippen molar-refractivity contribution >= 4 is 0 Å². The molecule has 1 rings (SSSR count). The highest BCUT2D eigenvalue weighted by atomic mass is 14.6. The Kier molecular flexibility index (Phi) is 9.32. The van der Waals surface area contributed by atoms with Gasteiger partial charge >= 0.3 is 0 Å². The molecule has 1 fully saturated rings. The maximum atomic E-state index is 3.50. The van der Waals surface area contributed by atoms with E-state index in [-0.39, 0.29) is 21.7 Å². The van der Waals surface area contributed by atoms with E-state index in [1.807, 2.05) is 6.92 Å². The van der Waals surface area contributed by atoms with E-state index in [4.69, 9.17) is 0 Å². The van der Waals surface area contributed by atoms with Gasteiger partial charge in [-0.2, -0.15) is 0 Å². The summed E-state index contributed by atoms with van der Waals surface area (Å²) in [5.41, 5.74) is 0.746. The first-order valence-corrected chi connectivity index (χ1v) is 13.1. The minimum Gasteiger partial charge on any atom is -0.0925 e. The molecule has 0 heteroatoms. The second-order valence-electron chi connectivity index (χ2n) is 15.3. The van der Waals surface area contributed by atoms with Crippen molar-refractivity contribution in [3.63, 3.8) is 0 Å². The molecule has 0 nitrogen and oxygen atoms in total. The van der Waals surface area contributed by atoms with Crippen molar-refractivity contribution in [1.29, 1.82) is 0 Å². The third-order valence-corrected chi connectivity index (χ3v) is 7.02. The minimum absolute atomic E-state index is 0.0484. The second-order valence-corrected chi connectivity index (χ2v) is 15.3. The largest absolute Gasteiger partial charge is 0.0925 e. The molecule has 1 saturated carbocycles. The predicted octanol–water partition coefficient (Wildman–Crippen LogP) is 9.00. The molecule has 0 N–H and O–H groups in total. The molecule has 0 aromatic heterocycles. The molecule has 0 saturated heterocycles. The summed E-state index contributed by atoms with van der Waals surface area (Å²) in [4.78, 5) is 0. The molecule has 0 amide bonds. The maximum Gasteiger partial charge on any atom is 0.0282 e. The first-order chi connectivity index (χ1) is 15.1. The Morgan fingerprint density at radius 2 is 0.853 bits per heavy atom. The first-order valence-electron chi connectivity index (χ1n) is 13.1. The van der Waals surface area contributed by atoms with Gasteiger partial charge < -0.3 is 0 Å².